The number of nitrogens with zero attached hydrogens (tertiary/aromatic N) is 4. The van der Waals surface area contributed by atoms with Crippen molar-refractivity contribution in [1.29, 1.82) is 5.26 Å². The molecule has 1 aliphatic carbocycles. The summed E-state index contributed by atoms with van der Waals surface area (Å²) < 4.78 is 1.96. The number of aromatic nitrogens is 3. The Labute approximate surface area is 123 Å². The van der Waals surface area contributed by atoms with Crippen LogP contribution in [0.25, 0.3) is 0 Å². The number of halogens is 1. The minimum Gasteiger partial charge on any atom is -0.320 e. The zero-order chi connectivity index (χ0) is 14.3. The molecule has 1 heterocycles. The lowest BCUT2D eigenvalue weighted by atomic mass is 9.58. The van der Waals surface area contributed by atoms with Crippen molar-refractivity contribution < 1.29 is 0 Å². The van der Waals surface area contributed by atoms with Crippen LogP contribution in [0.1, 0.15) is 36.7 Å². The number of benzene rings is 1. The van der Waals surface area contributed by atoms with Gasteiger partial charge in [-0.15, -0.1) is 10.2 Å². The molecule has 0 spiro atoms. The first kappa shape index (κ1) is 13.1. The molecule has 0 bridgehead atoms. The second-order valence-electron chi connectivity index (χ2n) is 5.70. The molecular formula is C15H15ClN4. The fourth-order valence-corrected chi connectivity index (χ4v) is 3.56. The quantitative estimate of drug-likeness (QED) is 0.852. The predicted octanol–water partition coefficient (Wildman–Crippen LogP) is 3.06. The molecule has 0 atom stereocenters. The third-order valence-electron chi connectivity index (χ3n) is 4.11. The van der Waals surface area contributed by atoms with Crippen LogP contribution in [0.5, 0.6) is 0 Å². The summed E-state index contributed by atoms with van der Waals surface area (Å²) in [5, 5.41) is 18.0. The van der Waals surface area contributed by atoms with E-state index < -0.39 is 0 Å². The second-order valence-corrected chi connectivity index (χ2v) is 6.14. The highest BCUT2D eigenvalue weighted by molar-refractivity contribution is 6.30. The molecule has 102 valence electrons. The summed E-state index contributed by atoms with van der Waals surface area (Å²) in [7, 11) is 1.95. The number of rotatable bonds is 2. The molecule has 1 saturated carbocycles. The molecule has 0 saturated heterocycles. The van der Waals surface area contributed by atoms with E-state index in [0.29, 0.717) is 16.5 Å². The van der Waals surface area contributed by atoms with Crippen LogP contribution < -0.4 is 0 Å². The lowest BCUT2D eigenvalue weighted by Gasteiger charge is -2.46. The van der Waals surface area contributed by atoms with Gasteiger partial charge in [0, 0.05) is 12.1 Å². The Balaban J connectivity index is 2.16. The van der Waals surface area contributed by atoms with E-state index in [2.05, 4.69) is 23.2 Å². The second kappa shape index (κ2) is 4.60. The molecule has 1 aromatic heterocycles. The Kier molecular flexibility index (Phi) is 3.02. The first-order valence-corrected chi connectivity index (χ1v) is 6.98. The van der Waals surface area contributed by atoms with E-state index >= 15 is 0 Å². The van der Waals surface area contributed by atoms with E-state index in [4.69, 9.17) is 16.9 Å². The molecule has 0 unspecified atom stereocenters. The maximum Gasteiger partial charge on any atom is 0.143 e. The summed E-state index contributed by atoms with van der Waals surface area (Å²) >= 11 is 6.16. The van der Waals surface area contributed by atoms with Crippen molar-refractivity contribution >= 4 is 11.6 Å². The van der Waals surface area contributed by atoms with Gasteiger partial charge in [-0.25, -0.2) is 0 Å². The highest BCUT2D eigenvalue weighted by Crippen LogP contribution is 2.51. The van der Waals surface area contributed by atoms with Crippen LogP contribution in [0.4, 0.5) is 0 Å². The van der Waals surface area contributed by atoms with Crippen molar-refractivity contribution in [3.63, 3.8) is 0 Å². The zero-order valence-electron chi connectivity index (χ0n) is 11.5. The molecule has 20 heavy (non-hydrogen) atoms. The predicted molar refractivity (Wildman–Crippen MR) is 76.3 cm³/mol. The molecular weight excluding hydrogens is 272 g/mol. The summed E-state index contributed by atoms with van der Waals surface area (Å²) in [6.45, 7) is 2.23. The van der Waals surface area contributed by atoms with E-state index in [-0.39, 0.29) is 5.41 Å². The van der Waals surface area contributed by atoms with Gasteiger partial charge in [0.25, 0.3) is 0 Å². The van der Waals surface area contributed by atoms with Gasteiger partial charge in [0.15, 0.2) is 0 Å². The third-order valence-corrected chi connectivity index (χ3v) is 4.33. The monoisotopic (exact) mass is 286 g/mol. The molecule has 3 rings (SSSR count). The van der Waals surface area contributed by atoms with Crippen LogP contribution in [0.2, 0.25) is 5.02 Å². The van der Waals surface area contributed by atoms with E-state index in [1.54, 1.807) is 12.4 Å². The van der Waals surface area contributed by atoms with Crippen LogP contribution in [0.15, 0.2) is 24.5 Å². The van der Waals surface area contributed by atoms with Gasteiger partial charge >= 0.3 is 0 Å². The summed E-state index contributed by atoms with van der Waals surface area (Å²) in [5.41, 5.74) is 1.49. The third kappa shape index (κ3) is 1.90. The lowest BCUT2D eigenvalue weighted by Crippen LogP contribution is -2.43. The van der Waals surface area contributed by atoms with Gasteiger partial charge in [-0.1, -0.05) is 18.5 Å². The lowest BCUT2D eigenvalue weighted by molar-refractivity contribution is 0.185. The zero-order valence-corrected chi connectivity index (χ0v) is 12.2. The first-order valence-electron chi connectivity index (χ1n) is 6.61. The van der Waals surface area contributed by atoms with E-state index in [1.165, 1.54) is 0 Å². The first-order chi connectivity index (χ1) is 9.55. The van der Waals surface area contributed by atoms with Crippen molar-refractivity contribution in [2.24, 2.45) is 13.0 Å². The maximum absolute atomic E-state index is 9.14. The van der Waals surface area contributed by atoms with Gasteiger partial charge in [-0.3, -0.25) is 0 Å². The number of hydrogen-bond donors (Lipinski definition) is 0. The number of nitriles is 1. The van der Waals surface area contributed by atoms with Crippen LogP contribution in [0.3, 0.4) is 0 Å². The normalized spacial score (nSPS) is 25.0. The van der Waals surface area contributed by atoms with Crippen LogP contribution in [-0.2, 0) is 12.5 Å². The molecule has 1 fully saturated rings. The van der Waals surface area contributed by atoms with E-state index in [0.717, 1.165) is 24.2 Å². The smallest absolute Gasteiger partial charge is 0.143 e. The Morgan fingerprint density at radius 2 is 2.15 bits per heavy atom. The van der Waals surface area contributed by atoms with Gasteiger partial charge < -0.3 is 4.57 Å². The minimum absolute atomic E-state index is 0.166. The summed E-state index contributed by atoms with van der Waals surface area (Å²) in [4.78, 5) is 0. The van der Waals surface area contributed by atoms with Crippen LogP contribution >= 0.6 is 11.6 Å². The van der Waals surface area contributed by atoms with Crippen LogP contribution in [-0.4, -0.2) is 14.8 Å². The summed E-state index contributed by atoms with van der Waals surface area (Å²) in [5.74, 6) is 1.58. The number of hydrogen-bond acceptors (Lipinski definition) is 3. The average molecular weight is 287 g/mol. The van der Waals surface area contributed by atoms with Crippen LogP contribution in [0, 0.1) is 17.2 Å². The topological polar surface area (TPSA) is 54.5 Å². The Morgan fingerprint density at radius 3 is 2.70 bits per heavy atom. The van der Waals surface area contributed by atoms with Gasteiger partial charge in [0.05, 0.1) is 17.0 Å². The van der Waals surface area contributed by atoms with E-state index in [1.807, 2.05) is 23.7 Å². The molecule has 0 amide bonds. The maximum atomic E-state index is 9.14. The molecule has 0 radical (unpaired) electrons. The van der Waals surface area contributed by atoms with E-state index in [9.17, 15) is 0 Å². The van der Waals surface area contributed by atoms with Crippen molar-refractivity contribution in [2.45, 2.75) is 25.2 Å². The van der Waals surface area contributed by atoms with Crippen molar-refractivity contribution in [3.8, 4) is 6.07 Å². The standard InChI is InChI=1S/C15H15ClN4/c1-10-6-15(7-10,14-19-18-9-20(14)2)12-3-11(8-17)4-13(16)5-12/h3-5,9-10H,6-7H2,1-2H3. The van der Waals surface area contributed by atoms with Gasteiger partial charge in [-0.05, 0) is 42.5 Å². The molecule has 1 aliphatic rings. The SMILES string of the molecule is CC1CC(c2cc(Cl)cc(C#N)c2)(c2nncn2C)C1. The van der Waals surface area contributed by atoms with Crippen molar-refractivity contribution in [1.82, 2.24) is 14.8 Å². The molecule has 5 heteroatoms. The minimum atomic E-state index is -0.166. The van der Waals surface area contributed by atoms with Gasteiger partial charge in [0.2, 0.25) is 0 Å². The summed E-state index contributed by atoms with van der Waals surface area (Å²) in [6, 6.07) is 7.73. The fourth-order valence-electron chi connectivity index (χ4n) is 3.32. The fraction of sp³-hybridized carbons (Fsp3) is 0.400. The number of aryl methyl sites for hydroxylation is 1. The Bertz CT molecular complexity index is 692. The van der Waals surface area contributed by atoms with Gasteiger partial charge in [-0.2, -0.15) is 5.26 Å². The highest BCUT2D eigenvalue weighted by Gasteiger charge is 2.48. The molecule has 0 N–H and O–H groups in total. The molecule has 4 nitrogen and oxygen atoms in total. The largest absolute Gasteiger partial charge is 0.320 e. The molecule has 1 aromatic carbocycles. The molecule has 0 aliphatic heterocycles. The Morgan fingerprint density at radius 1 is 1.40 bits per heavy atom. The average Bonchev–Trinajstić information content (AvgIpc) is 2.80. The van der Waals surface area contributed by atoms with Gasteiger partial charge in [0.1, 0.15) is 12.2 Å². The Hall–Kier alpha value is -1.86. The molecule has 2 aromatic rings. The highest BCUT2D eigenvalue weighted by atomic mass is 35.5. The van der Waals surface area contributed by atoms with Crippen molar-refractivity contribution in [3.05, 3.63) is 46.5 Å². The van der Waals surface area contributed by atoms with Crippen molar-refractivity contribution in [2.75, 3.05) is 0 Å². The summed E-state index contributed by atoms with van der Waals surface area (Å²) in [6.07, 6.45) is 3.73.